The summed E-state index contributed by atoms with van der Waals surface area (Å²) in [5.74, 6) is -0.871. The molecule has 2 heterocycles. The molecule has 0 aliphatic rings. The number of benzene rings is 1. The van der Waals surface area contributed by atoms with E-state index in [0.29, 0.717) is 14.8 Å². The summed E-state index contributed by atoms with van der Waals surface area (Å²) in [6.07, 6.45) is -0.00562. The SMILES string of the molecule is CCOC(=O)c1sc2nc(NC(=O)c3ccc(S(=O)(=O)N(CCC#N)CCC#N)cc3)sc2c1C. The highest BCUT2D eigenvalue weighted by molar-refractivity contribution is 7.89. The van der Waals surface area contributed by atoms with Crippen molar-refractivity contribution in [2.75, 3.05) is 25.0 Å². The summed E-state index contributed by atoms with van der Waals surface area (Å²) in [6, 6.07) is 9.19. The number of hydrogen-bond donors (Lipinski definition) is 1. The van der Waals surface area contributed by atoms with Gasteiger partial charge in [-0.2, -0.15) is 14.8 Å². The third-order valence-electron chi connectivity index (χ3n) is 4.86. The molecule has 0 spiro atoms. The van der Waals surface area contributed by atoms with Crippen molar-refractivity contribution < 1.29 is 22.7 Å². The predicted molar refractivity (Wildman–Crippen MR) is 132 cm³/mol. The lowest BCUT2D eigenvalue weighted by Gasteiger charge is -2.20. The molecule has 0 unspecified atom stereocenters. The van der Waals surface area contributed by atoms with Gasteiger partial charge >= 0.3 is 5.97 Å². The molecule has 1 amide bonds. The van der Waals surface area contributed by atoms with Crippen LogP contribution >= 0.6 is 22.7 Å². The molecule has 3 rings (SSSR count). The summed E-state index contributed by atoms with van der Waals surface area (Å²) >= 11 is 2.43. The van der Waals surface area contributed by atoms with E-state index in [9.17, 15) is 18.0 Å². The maximum absolute atomic E-state index is 12.9. The zero-order chi connectivity index (χ0) is 25.6. The summed E-state index contributed by atoms with van der Waals surface area (Å²) in [5, 5.41) is 20.6. The first-order chi connectivity index (χ1) is 16.7. The monoisotopic (exact) mass is 531 g/mol. The van der Waals surface area contributed by atoms with Crippen LogP contribution < -0.4 is 5.32 Å². The highest BCUT2D eigenvalue weighted by Gasteiger charge is 2.25. The maximum Gasteiger partial charge on any atom is 0.348 e. The van der Waals surface area contributed by atoms with Gasteiger partial charge in [0.15, 0.2) is 5.13 Å². The number of nitriles is 2. The van der Waals surface area contributed by atoms with Gasteiger partial charge in [0.05, 0.1) is 28.3 Å². The molecule has 0 aliphatic carbocycles. The van der Waals surface area contributed by atoms with Gasteiger partial charge in [0.2, 0.25) is 10.0 Å². The fraction of sp³-hybridized carbons (Fsp3) is 0.318. The van der Waals surface area contributed by atoms with Crippen molar-refractivity contribution >= 4 is 59.2 Å². The van der Waals surface area contributed by atoms with Crippen molar-refractivity contribution in [2.24, 2.45) is 0 Å². The standard InChI is InChI=1S/C22H21N5O5S3/c1-3-32-21(29)18-14(2)17-20(33-18)26-22(34-17)25-19(28)15-6-8-16(9-7-15)35(30,31)27(12-4-10-23)13-5-11-24/h6-9H,3-5,12-13H2,1-2H3,(H,25,26,28). The fourth-order valence-corrected chi connectivity index (χ4v) is 6.78. The zero-order valence-electron chi connectivity index (χ0n) is 18.9. The Balaban J connectivity index is 1.75. The zero-order valence-corrected chi connectivity index (χ0v) is 21.3. The maximum atomic E-state index is 12.9. The molecule has 0 atom stereocenters. The van der Waals surface area contributed by atoms with Gasteiger partial charge in [-0.1, -0.05) is 11.3 Å². The van der Waals surface area contributed by atoms with E-state index in [2.05, 4.69) is 10.3 Å². The second-order valence-corrected chi connectivity index (χ2v) is 11.1. The highest BCUT2D eigenvalue weighted by atomic mass is 32.2. The summed E-state index contributed by atoms with van der Waals surface area (Å²) in [7, 11) is -3.92. The lowest BCUT2D eigenvalue weighted by molar-refractivity contribution is 0.0531. The van der Waals surface area contributed by atoms with Crippen LogP contribution in [0.2, 0.25) is 0 Å². The number of amides is 1. The second kappa shape index (κ2) is 11.4. The number of hydrogen-bond acceptors (Lipinski definition) is 10. The van der Waals surface area contributed by atoms with Gasteiger partial charge in [0.25, 0.3) is 5.91 Å². The van der Waals surface area contributed by atoms with Crippen molar-refractivity contribution in [1.29, 1.82) is 10.5 Å². The average Bonchev–Trinajstić information content (AvgIpc) is 3.37. The summed E-state index contributed by atoms with van der Waals surface area (Å²) in [4.78, 5) is 30.2. The van der Waals surface area contributed by atoms with Gasteiger partial charge in [-0.15, -0.1) is 11.3 Å². The minimum Gasteiger partial charge on any atom is -0.462 e. The second-order valence-electron chi connectivity index (χ2n) is 7.13. The number of ether oxygens (including phenoxy) is 1. The number of thiazole rings is 1. The molecule has 2 aromatic heterocycles. The van der Waals surface area contributed by atoms with E-state index < -0.39 is 21.9 Å². The molecule has 0 radical (unpaired) electrons. The molecule has 0 saturated carbocycles. The molecule has 0 saturated heterocycles. The molecule has 35 heavy (non-hydrogen) atoms. The number of nitrogens with one attached hydrogen (secondary N) is 1. The van der Waals surface area contributed by atoms with Crippen molar-refractivity contribution in [3.63, 3.8) is 0 Å². The molecular formula is C22H21N5O5S3. The Morgan fingerprint density at radius 2 is 1.74 bits per heavy atom. The third-order valence-corrected chi connectivity index (χ3v) is 9.16. The largest absolute Gasteiger partial charge is 0.462 e. The van der Waals surface area contributed by atoms with Crippen LogP contribution in [0.25, 0.3) is 9.53 Å². The fourth-order valence-electron chi connectivity index (χ4n) is 3.13. The number of nitrogens with zero attached hydrogens (tertiary/aromatic N) is 4. The number of thiophene rings is 1. The Morgan fingerprint density at radius 1 is 1.11 bits per heavy atom. The highest BCUT2D eigenvalue weighted by Crippen LogP contribution is 2.37. The molecule has 0 aliphatic heterocycles. The van der Waals surface area contributed by atoms with Gasteiger partial charge in [0.1, 0.15) is 9.71 Å². The Bertz CT molecular complexity index is 1410. The molecule has 3 aromatic rings. The first-order valence-corrected chi connectivity index (χ1v) is 13.5. The van der Waals surface area contributed by atoms with E-state index >= 15 is 0 Å². The topological polar surface area (TPSA) is 153 Å². The van der Waals surface area contributed by atoms with Crippen LogP contribution in [0, 0.1) is 29.6 Å². The summed E-state index contributed by atoms with van der Waals surface area (Å²) in [6.45, 7) is 3.75. The van der Waals surface area contributed by atoms with Crippen molar-refractivity contribution in [1.82, 2.24) is 9.29 Å². The molecule has 1 aromatic carbocycles. The van der Waals surface area contributed by atoms with E-state index in [1.807, 2.05) is 12.1 Å². The summed E-state index contributed by atoms with van der Waals surface area (Å²) in [5.41, 5.74) is 0.973. The normalized spacial score (nSPS) is 11.2. The van der Waals surface area contributed by atoms with Crippen molar-refractivity contribution in [3.8, 4) is 12.1 Å². The Hall–Kier alpha value is -3.36. The van der Waals surface area contributed by atoms with Crippen LogP contribution in [0.15, 0.2) is 29.2 Å². The molecular weight excluding hydrogens is 510 g/mol. The number of carbonyl (C=O) groups is 2. The van der Waals surface area contributed by atoms with E-state index in [1.165, 1.54) is 46.9 Å². The van der Waals surface area contributed by atoms with Gasteiger partial charge < -0.3 is 4.74 Å². The van der Waals surface area contributed by atoms with Crippen LogP contribution in [0.3, 0.4) is 0 Å². The van der Waals surface area contributed by atoms with Crippen LogP contribution in [-0.2, 0) is 14.8 Å². The van der Waals surface area contributed by atoms with Crippen LogP contribution in [-0.4, -0.2) is 49.3 Å². The Kier molecular flexibility index (Phi) is 8.53. The quantitative estimate of drug-likeness (QED) is 0.386. The number of anilines is 1. The third kappa shape index (κ3) is 5.83. The molecule has 10 nitrogen and oxygen atoms in total. The molecule has 182 valence electrons. The Labute approximate surface area is 210 Å². The minimum absolute atomic E-state index is 0.00281. The van der Waals surface area contributed by atoms with Gasteiger partial charge in [-0.25, -0.2) is 18.2 Å². The smallest absolute Gasteiger partial charge is 0.348 e. The van der Waals surface area contributed by atoms with Crippen LogP contribution in [0.1, 0.15) is 45.4 Å². The number of fused-ring (bicyclic) bond motifs is 1. The van der Waals surface area contributed by atoms with Gasteiger partial charge in [-0.3, -0.25) is 10.1 Å². The lowest BCUT2D eigenvalue weighted by Crippen LogP contribution is -2.32. The number of sulfonamides is 1. The van der Waals surface area contributed by atoms with E-state index in [-0.39, 0.29) is 43.0 Å². The molecule has 13 heteroatoms. The number of carbonyl (C=O) groups excluding carboxylic acids is 2. The van der Waals surface area contributed by atoms with Crippen LogP contribution in [0.5, 0.6) is 0 Å². The first-order valence-electron chi connectivity index (χ1n) is 10.5. The van der Waals surface area contributed by atoms with E-state index in [1.54, 1.807) is 13.8 Å². The molecule has 0 bridgehead atoms. The first kappa shape index (κ1) is 26.2. The van der Waals surface area contributed by atoms with Crippen molar-refractivity contribution in [3.05, 3.63) is 40.3 Å². The average molecular weight is 532 g/mol. The summed E-state index contributed by atoms with van der Waals surface area (Å²) < 4.78 is 32.7. The Morgan fingerprint density at radius 3 is 2.29 bits per heavy atom. The van der Waals surface area contributed by atoms with E-state index in [0.717, 1.165) is 14.6 Å². The number of aryl methyl sites for hydroxylation is 1. The number of rotatable bonds is 10. The lowest BCUT2D eigenvalue weighted by atomic mass is 10.2. The van der Waals surface area contributed by atoms with Crippen molar-refractivity contribution in [2.45, 2.75) is 31.6 Å². The molecule has 1 N–H and O–H groups in total. The number of esters is 1. The van der Waals surface area contributed by atoms with Crippen LogP contribution in [0.4, 0.5) is 5.13 Å². The predicted octanol–water partition coefficient (Wildman–Crippen LogP) is 3.91. The van der Waals surface area contributed by atoms with Gasteiger partial charge in [0, 0.05) is 31.5 Å². The number of aromatic nitrogens is 1. The minimum atomic E-state index is -3.92. The van der Waals surface area contributed by atoms with Gasteiger partial charge in [-0.05, 0) is 43.7 Å². The molecule has 0 fully saturated rings. The van der Waals surface area contributed by atoms with E-state index in [4.69, 9.17) is 15.3 Å².